The van der Waals surface area contributed by atoms with Crippen LogP contribution in [0.15, 0.2) is 18.2 Å². The first kappa shape index (κ1) is 12.0. The molecule has 0 saturated heterocycles. The van der Waals surface area contributed by atoms with Crippen LogP contribution in [-0.2, 0) is 13.0 Å². The topological polar surface area (TPSA) is 21.3 Å². The Balaban J connectivity index is 1.72. The van der Waals surface area contributed by atoms with Gasteiger partial charge in [-0.05, 0) is 48.4 Å². The predicted octanol–water partition coefficient (Wildman–Crippen LogP) is 3.29. The van der Waals surface area contributed by atoms with Gasteiger partial charge in [0.1, 0.15) is 5.75 Å². The second-order valence-corrected chi connectivity index (χ2v) is 5.72. The normalized spacial score (nSPS) is 24.6. The third-order valence-corrected chi connectivity index (χ3v) is 4.63. The Kier molecular flexibility index (Phi) is 3.55. The highest BCUT2D eigenvalue weighted by atomic mass is 16.5. The lowest BCUT2D eigenvalue weighted by atomic mass is 9.79. The molecule has 1 saturated carbocycles. The average Bonchev–Trinajstić information content (AvgIpc) is 2.47. The van der Waals surface area contributed by atoms with Gasteiger partial charge in [-0.2, -0.15) is 0 Å². The SMILES string of the molecule is COc1ccc2c(c1)CN[C@@H](C1CCCCC1)C2. The molecule has 0 radical (unpaired) electrons. The largest absolute Gasteiger partial charge is 0.497 e. The Morgan fingerprint density at radius 3 is 2.72 bits per heavy atom. The molecule has 2 nitrogen and oxygen atoms in total. The lowest BCUT2D eigenvalue weighted by Crippen LogP contribution is -2.42. The third kappa shape index (κ3) is 2.39. The summed E-state index contributed by atoms with van der Waals surface area (Å²) in [6, 6.07) is 7.23. The quantitative estimate of drug-likeness (QED) is 0.863. The number of nitrogens with one attached hydrogen (secondary N) is 1. The number of methoxy groups -OCH3 is 1. The number of benzene rings is 1. The second-order valence-electron chi connectivity index (χ2n) is 5.72. The maximum atomic E-state index is 5.30. The lowest BCUT2D eigenvalue weighted by molar-refractivity contribution is 0.257. The summed E-state index contributed by atoms with van der Waals surface area (Å²) in [5.41, 5.74) is 2.94. The van der Waals surface area contributed by atoms with Crippen molar-refractivity contribution in [2.75, 3.05) is 7.11 Å². The van der Waals surface area contributed by atoms with Gasteiger partial charge in [0, 0.05) is 12.6 Å². The molecule has 0 bridgehead atoms. The van der Waals surface area contributed by atoms with Crippen molar-refractivity contribution in [2.24, 2.45) is 5.92 Å². The molecule has 2 aliphatic rings. The van der Waals surface area contributed by atoms with E-state index < -0.39 is 0 Å². The van der Waals surface area contributed by atoms with Crippen LogP contribution in [0.1, 0.15) is 43.2 Å². The Hall–Kier alpha value is -1.02. The first-order valence-electron chi connectivity index (χ1n) is 7.26. The minimum Gasteiger partial charge on any atom is -0.497 e. The summed E-state index contributed by atoms with van der Waals surface area (Å²) in [5, 5.41) is 3.74. The summed E-state index contributed by atoms with van der Waals surface area (Å²) in [5.74, 6) is 1.88. The van der Waals surface area contributed by atoms with Crippen molar-refractivity contribution in [2.45, 2.75) is 51.1 Å². The van der Waals surface area contributed by atoms with Gasteiger partial charge in [0.25, 0.3) is 0 Å². The van der Waals surface area contributed by atoms with E-state index in [-0.39, 0.29) is 0 Å². The van der Waals surface area contributed by atoms with E-state index in [1.807, 2.05) is 0 Å². The molecular formula is C16H23NO. The van der Waals surface area contributed by atoms with Gasteiger partial charge in [-0.3, -0.25) is 0 Å². The maximum Gasteiger partial charge on any atom is 0.119 e. The van der Waals surface area contributed by atoms with E-state index >= 15 is 0 Å². The van der Waals surface area contributed by atoms with E-state index in [1.165, 1.54) is 49.7 Å². The predicted molar refractivity (Wildman–Crippen MR) is 73.9 cm³/mol. The summed E-state index contributed by atoms with van der Waals surface area (Å²) in [6.07, 6.45) is 8.34. The van der Waals surface area contributed by atoms with Gasteiger partial charge in [0.15, 0.2) is 0 Å². The van der Waals surface area contributed by atoms with E-state index in [1.54, 1.807) is 7.11 Å². The van der Waals surface area contributed by atoms with Crippen molar-refractivity contribution in [3.63, 3.8) is 0 Å². The molecule has 0 amide bonds. The first-order valence-corrected chi connectivity index (χ1v) is 7.26. The Bertz CT molecular complexity index is 410. The molecule has 1 aromatic carbocycles. The van der Waals surface area contributed by atoms with E-state index in [9.17, 15) is 0 Å². The van der Waals surface area contributed by atoms with Crippen molar-refractivity contribution in [1.82, 2.24) is 5.32 Å². The number of fused-ring (bicyclic) bond motifs is 1. The molecule has 0 aromatic heterocycles. The molecule has 1 heterocycles. The smallest absolute Gasteiger partial charge is 0.119 e. The van der Waals surface area contributed by atoms with Gasteiger partial charge in [-0.25, -0.2) is 0 Å². The molecule has 0 unspecified atom stereocenters. The summed E-state index contributed by atoms with van der Waals surface area (Å²) in [4.78, 5) is 0. The Morgan fingerprint density at radius 1 is 1.11 bits per heavy atom. The van der Waals surface area contributed by atoms with E-state index in [0.717, 1.165) is 18.2 Å². The molecular weight excluding hydrogens is 222 g/mol. The first-order chi connectivity index (χ1) is 8.86. The minimum absolute atomic E-state index is 0.700. The standard InChI is InChI=1S/C16H23NO/c1-18-15-8-7-13-10-16(17-11-14(13)9-15)12-5-3-2-4-6-12/h7-9,12,16-17H,2-6,10-11H2,1H3/t16-/m1/s1. The van der Waals surface area contributed by atoms with Gasteiger partial charge < -0.3 is 10.1 Å². The minimum atomic E-state index is 0.700. The van der Waals surface area contributed by atoms with Crippen molar-refractivity contribution in [1.29, 1.82) is 0 Å². The zero-order valence-electron chi connectivity index (χ0n) is 11.2. The summed E-state index contributed by atoms with van der Waals surface area (Å²) in [7, 11) is 1.74. The molecule has 98 valence electrons. The van der Waals surface area contributed by atoms with E-state index in [0.29, 0.717) is 6.04 Å². The fourth-order valence-electron chi connectivity index (χ4n) is 3.51. The molecule has 1 atom stereocenters. The van der Waals surface area contributed by atoms with Crippen LogP contribution in [0, 0.1) is 5.92 Å². The van der Waals surface area contributed by atoms with Gasteiger partial charge in [0.2, 0.25) is 0 Å². The average molecular weight is 245 g/mol. The van der Waals surface area contributed by atoms with Gasteiger partial charge in [-0.15, -0.1) is 0 Å². The number of hydrogen-bond donors (Lipinski definition) is 1. The second kappa shape index (κ2) is 5.31. The summed E-state index contributed by atoms with van der Waals surface area (Å²) >= 11 is 0. The van der Waals surface area contributed by atoms with Crippen molar-refractivity contribution < 1.29 is 4.74 Å². The molecule has 0 spiro atoms. The van der Waals surface area contributed by atoms with Crippen LogP contribution in [0.4, 0.5) is 0 Å². The highest BCUT2D eigenvalue weighted by Gasteiger charge is 2.27. The third-order valence-electron chi connectivity index (χ3n) is 4.63. The van der Waals surface area contributed by atoms with Crippen molar-refractivity contribution in [3.8, 4) is 5.75 Å². The fourth-order valence-corrected chi connectivity index (χ4v) is 3.51. The zero-order chi connectivity index (χ0) is 12.4. The van der Waals surface area contributed by atoms with Crippen LogP contribution in [-0.4, -0.2) is 13.2 Å². The maximum absolute atomic E-state index is 5.30. The van der Waals surface area contributed by atoms with Crippen molar-refractivity contribution in [3.05, 3.63) is 29.3 Å². The number of ether oxygens (including phenoxy) is 1. The van der Waals surface area contributed by atoms with Crippen LogP contribution >= 0.6 is 0 Å². The molecule has 1 N–H and O–H groups in total. The molecule has 1 aliphatic heterocycles. The van der Waals surface area contributed by atoms with Crippen LogP contribution in [0.2, 0.25) is 0 Å². The Morgan fingerprint density at radius 2 is 1.94 bits per heavy atom. The summed E-state index contributed by atoms with van der Waals surface area (Å²) < 4.78 is 5.30. The molecule has 1 aromatic rings. The lowest BCUT2D eigenvalue weighted by Gasteiger charge is -2.35. The molecule has 1 aliphatic carbocycles. The fraction of sp³-hybridized carbons (Fsp3) is 0.625. The zero-order valence-corrected chi connectivity index (χ0v) is 11.2. The molecule has 18 heavy (non-hydrogen) atoms. The van der Waals surface area contributed by atoms with Crippen LogP contribution in [0.5, 0.6) is 5.75 Å². The molecule has 3 rings (SSSR count). The number of rotatable bonds is 2. The monoisotopic (exact) mass is 245 g/mol. The van der Waals surface area contributed by atoms with Gasteiger partial charge >= 0.3 is 0 Å². The van der Waals surface area contributed by atoms with Crippen LogP contribution in [0.3, 0.4) is 0 Å². The molecule has 2 heteroatoms. The highest BCUT2D eigenvalue weighted by Crippen LogP contribution is 2.31. The molecule has 1 fully saturated rings. The van der Waals surface area contributed by atoms with Gasteiger partial charge in [-0.1, -0.05) is 25.3 Å². The number of hydrogen-bond acceptors (Lipinski definition) is 2. The van der Waals surface area contributed by atoms with Crippen molar-refractivity contribution >= 4 is 0 Å². The van der Waals surface area contributed by atoms with Gasteiger partial charge in [0.05, 0.1) is 7.11 Å². The summed E-state index contributed by atoms with van der Waals surface area (Å²) in [6.45, 7) is 1.01. The van der Waals surface area contributed by atoms with E-state index in [2.05, 4.69) is 23.5 Å². The Labute approximate surface area is 110 Å². The van der Waals surface area contributed by atoms with Crippen LogP contribution < -0.4 is 10.1 Å². The van der Waals surface area contributed by atoms with Crippen LogP contribution in [0.25, 0.3) is 0 Å². The van der Waals surface area contributed by atoms with E-state index in [4.69, 9.17) is 4.74 Å². The highest BCUT2D eigenvalue weighted by molar-refractivity contribution is 5.37.